The van der Waals surface area contributed by atoms with Crippen LogP contribution in [-0.2, 0) is 0 Å². The van der Waals surface area contributed by atoms with E-state index >= 15 is 0 Å². The Balaban J connectivity index is 2.58. The van der Waals surface area contributed by atoms with Crippen LogP contribution in [0.15, 0.2) is 24.3 Å². The Labute approximate surface area is 95.4 Å². The smallest absolute Gasteiger partial charge is 0.265 e. The van der Waals surface area contributed by atoms with Crippen molar-refractivity contribution >= 4 is 32.9 Å². The van der Waals surface area contributed by atoms with Gasteiger partial charge in [-0.3, -0.25) is 4.79 Å². The van der Waals surface area contributed by atoms with E-state index < -0.39 is 4.32 Å². The van der Waals surface area contributed by atoms with Gasteiger partial charge >= 0.3 is 0 Å². The molecule has 0 atom stereocenters. The van der Waals surface area contributed by atoms with Crippen molar-refractivity contribution < 1.29 is 4.79 Å². The molecule has 1 aromatic heterocycles. The van der Waals surface area contributed by atoms with Crippen molar-refractivity contribution in [2.75, 3.05) is 0 Å². The zero-order valence-corrected chi connectivity index (χ0v) is 10.0. The Kier molecular flexibility index (Phi) is 2.34. The van der Waals surface area contributed by atoms with E-state index in [0.717, 1.165) is 11.0 Å². The molecule has 0 aliphatic rings. The Morgan fingerprint density at radius 2 is 2.07 bits per heavy atom. The van der Waals surface area contributed by atoms with Gasteiger partial charge in [-0.05, 0) is 26.0 Å². The molecule has 0 radical (unpaired) electrons. The summed E-state index contributed by atoms with van der Waals surface area (Å²) in [7, 11) is 0. The molecule has 0 unspecified atom stereocenters. The monoisotopic (exact) mass is 267 g/mol. The topological polar surface area (TPSA) is 47.8 Å². The number of hydrogen-bond acceptors (Lipinski definition) is 3. The van der Waals surface area contributed by atoms with Crippen LogP contribution in [-0.4, -0.2) is 25.2 Å². The lowest BCUT2D eigenvalue weighted by Gasteiger charge is -2.13. The first-order valence-corrected chi connectivity index (χ1v) is 5.33. The van der Waals surface area contributed by atoms with Crippen molar-refractivity contribution in [1.82, 2.24) is 15.0 Å². The Morgan fingerprint density at radius 3 is 2.73 bits per heavy atom. The molecule has 0 aliphatic carbocycles. The molecule has 0 bridgehead atoms. The number of alkyl halides is 1. The Hall–Kier alpha value is -1.23. The third-order valence-corrected chi connectivity index (χ3v) is 2.39. The van der Waals surface area contributed by atoms with Crippen molar-refractivity contribution in [3.63, 3.8) is 0 Å². The van der Waals surface area contributed by atoms with Gasteiger partial charge in [0.15, 0.2) is 0 Å². The lowest BCUT2D eigenvalue weighted by molar-refractivity contribution is 0.0866. The van der Waals surface area contributed by atoms with Crippen LogP contribution in [0.4, 0.5) is 0 Å². The van der Waals surface area contributed by atoms with Crippen molar-refractivity contribution in [2.45, 2.75) is 18.2 Å². The maximum atomic E-state index is 12.0. The van der Waals surface area contributed by atoms with Crippen LogP contribution in [0.5, 0.6) is 0 Å². The quantitative estimate of drug-likeness (QED) is 0.745. The number of nitrogens with zero attached hydrogens (tertiary/aromatic N) is 3. The normalized spacial score (nSPS) is 11.9. The summed E-state index contributed by atoms with van der Waals surface area (Å²) in [4.78, 5) is 12.0. The van der Waals surface area contributed by atoms with E-state index in [0.29, 0.717) is 0 Å². The van der Waals surface area contributed by atoms with E-state index in [-0.39, 0.29) is 5.91 Å². The number of carbonyl (C=O) groups excluding carboxylic acids is 1. The molecule has 15 heavy (non-hydrogen) atoms. The molecular formula is C10H10BrN3O. The van der Waals surface area contributed by atoms with Gasteiger partial charge in [0.25, 0.3) is 5.91 Å². The zero-order valence-electron chi connectivity index (χ0n) is 8.44. The average Bonchev–Trinajstić information content (AvgIpc) is 2.58. The van der Waals surface area contributed by atoms with Gasteiger partial charge in [0.2, 0.25) is 0 Å². The molecule has 0 amide bonds. The van der Waals surface area contributed by atoms with Crippen LogP contribution >= 0.6 is 15.9 Å². The highest BCUT2D eigenvalue weighted by molar-refractivity contribution is 9.10. The summed E-state index contributed by atoms with van der Waals surface area (Å²) < 4.78 is 0.688. The molecule has 0 fully saturated rings. The van der Waals surface area contributed by atoms with E-state index in [1.165, 1.54) is 4.68 Å². The molecule has 1 heterocycles. The summed E-state index contributed by atoms with van der Waals surface area (Å²) >= 11 is 3.31. The van der Waals surface area contributed by atoms with Crippen LogP contribution in [0.1, 0.15) is 18.6 Å². The van der Waals surface area contributed by atoms with Crippen LogP contribution in [0, 0.1) is 0 Å². The van der Waals surface area contributed by atoms with Crippen LogP contribution in [0.25, 0.3) is 11.0 Å². The second kappa shape index (κ2) is 3.41. The number of carbonyl (C=O) groups is 1. The van der Waals surface area contributed by atoms with Gasteiger partial charge in [-0.2, -0.15) is 4.68 Å². The maximum Gasteiger partial charge on any atom is 0.265 e. The maximum absolute atomic E-state index is 12.0. The summed E-state index contributed by atoms with van der Waals surface area (Å²) in [5.74, 6) is -0.129. The van der Waals surface area contributed by atoms with E-state index in [1.54, 1.807) is 13.8 Å². The molecule has 4 nitrogen and oxygen atoms in total. The summed E-state index contributed by atoms with van der Waals surface area (Å²) in [6.07, 6.45) is 0. The van der Waals surface area contributed by atoms with Gasteiger partial charge in [-0.1, -0.05) is 33.3 Å². The first-order valence-electron chi connectivity index (χ1n) is 4.54. The summed E-state index contributed by atoms with van der Waals surface area (Å²) in [6, 6.07) is 7.38. The third kappa shape index (κ3) is 1.79. The summed E-state index contributed by atoms with van der Waals surface area (Å²) in [6.45, 7) is 3.57. The van der Waals surface area contributed by atoms with Crippen molar-refractivity contribution in [2.24, 2.45) is 0 Å². The number of fused-ring (bicyclic) bond motifs is 1. The van der Waals surface area contributed by atoms with Crippen LogP contribution < -0.4 is 0 Å². The molecular weight excluding hydrogens is 258 g/mol. The van der Waals surface area contributed by atoms with E-state index in [2.05, 4.69) is 26.2 Å². The summed E-state index contributed by atoms with van der Waals surface area (Å²) in [5.41, 5.74) is 1.46. The molecule has 0 N–H and O–H groups in total. The van der Waals surface area contributed by atoms with Crippen LogP contribution in [0.2, 0.25) is 0 Å². The number of aromatic nitrogens is 3. The molecule has 0 spiro atoms. The lowest BCUT2D eigenvalue weighted by atomic mass is 10.2. The molecule has 5 heteroatoms. The minimum absolute atomic E-state index is 0.129. The number of benzene rings is 1. The Morgan fingerprint density at radius 1 is 1.40 bits per heavy atom. The highest BCUT2D eigenvalue weighted by atomic mass is 79.9. The molecule has 1 aromatic carbocycles. The second-order valence-electron chi connectivity index (χ2n) is 3.77. The standard InChI is InChI=1S/C10H10BrN3O/c1-10(2,11)9(15)14-8-6-4-3-5-7(8)12-13-14/h3-6H,1-2H3. The SMILES string of the molecule is CC(C)(Br)C(=O)n1nnc2ccccc21. The van der Waals surface area contributed by atoms with Gasteiger partial charge in [-0.15, -0.1) is 5.10 Å². The first kappa shape index (κ1) is 10.3. The van der Waals surface area contributed by atoms with E-state index in [4.69, 9.17) is 0 Å². The van der Waals surface area contributed by atoms with Gasteiger partial charge in [0, 0.05) is 0 Å². The van der Waals surface area contributed by atoms with Crippen LogP contribution in [0.3, 0.4) is 0 Å². The zero-order chi connectivity index (χ0) is 11.1. The fraction of sp³-hybridized carbons (Fsp3) is 0.300. The molecule has 0 saturated carbocycles. The van der Waals surface area contributed by atoms with Gasteiger partial charge in [0.05, 0.1) is 5.52 Å². The van der Waals surface area contributed by atoms with Gasteiger partial charge < -0.3 is 0 Å². The number of rotatable bonds is 1. The fourth-order valence-corrected chi connectivity index (χ4v) is 1.44. The predicted molar refractivity (Wildman–Crippen MR) is 61.2 cm³/mol. The molecule has 2 rings (SSSR count). The second-order valence-corrected chi connectivity index (χ2v) is 5.75. The van der Waals surface area contributed by atoms with Crippen molar-refractivity contribution in [1.29, 1.82) is 0 Å². The molecule has 0 aliphatic heterocycles. The summed E-state index contributed by atoms with van der Waals surface area (Å²) in [5, 5.41) is 7.77. The minimum atomic E-state index is -0.635. The predicted octanol–water partition coefficient (Wildman–Crippen LogP) is 2.25. The lowest BCUT2D eigenvalue weighted by Crippen LogP contribution is -2.30. The number of para-hydroxylation sites is 1. The number of halogens is 1. The van der Waals surface area contributed by atoms with Crippen molar-refractivity contribution in [3.05, 3.63) is 24.3 Å². The highest BCUT2D eigenvalue weighted by Gasteiger charge is 2.27. The molecule has 2 aromatic rings. The van der Waals surface area contributed by atoms with Gasteiger partial charge in [-0.25, -0.2) is 0 Å². The van der Waals surface area contributed by atoms with E-state index in [1.807, 2.05) is 24.3 Å². The Bertz CT molecular complexity index is 513. The fourth-order valence-electron chi connectivity index (χ4n) is 1.27. The van der Waals surface area contributed by atoms with Gasteiger partial charge in [0.1, 0.15) is 9.84 Å². The molecule has 78 valence electrons. The highest BCUT2D eigenvalue weighted by Crippen LogP contribution is 2.20. The minimum Gasteiger partial charge on any atom is -0.271 e. The third-order valence-electron chi connectivity index (χ3n) is 2.05. The van der Waals surface area contributed by atoms with Crippen molar-refractivity contribution in [3.8, 4) is 0 Å². The largest absolute Gasteiger partial charge is 0.271 e. The first-order chi connectivity index (χ1) is 7.00. The average molecular weight is 268 g/mol. The number of hydrogen-bond donors (Lipinski definition) is 0. The van der Waals surface area contributed by atoms with E-state index in [9.17, 15) is 4.79 Å². The molecule has 0 saturated heterocycles.